The van der Waals surface area contributed by atoms with E-state index in [0.717, 1.165) is 47.9 Å². The van der Waals surface area contributed by atoms with Gasteiger partial charge < -0.3 is 34.2 Å². The molecule has 13 nitrogen and oxygen atoms in total. The van der Waals surface area contributed by atoms with Crippen LogP contribution in [0.2, 0.25) is 0 Å². The van der Waals surface area contributed by atoms with E-state index in [4.69, 9.17) is 24.2 Å². The molecule has 0 aromatic heterocycles. The summed E-state index contributed by atoms with van der Waals surface area (Å²) in [7, 11) is 0. The number of allylic oxidation sites excluding steroid dienone is 1. The molecular formula is C53H60N4O9. The fraction of sp³-hybridized carbons (Fsp3) is 0.415. The van der Waals surface area contributed by atoms with Crippen LogP contribution < -0.4 is 9.47 Å². The maximum atomic E-state index is 15.0. The number of amides is 1. The largest absolute Gasteiger partial charge is 0.459 e. The van der Waals surface area contributed by atoms with E-state index < -0.39 is 22.7 Å². The highest BCUT2D eigenvalue weighted by atomic mass is 16.7. The fourth-order valence-corrected chi connectivity index (χ4v) is 10.0. The fourth-order valence-electron chi connectivity index (χ4n) is 10.0. The zero-order valence-corrected chi connectivity index (χ0v) is 38.1. The van der Waals surface area contributed by atoms with Gasteiger partial charge in [0.25, 0.3) is 11.6 Å². The molecule has 1 aliphatic heterocycles. The van der Waals surface area contributed by atoms with Gasteiger partial charge in [0.1, 0.15) is 29.9 Å². The van der Waals surface area contributed by atoms with Crippen LogP contribution in [0.1, 0.15) is 102 Å². The van der Waals surface area contributed by atoms with Crippen LogP contribution in [0.3, 0.4) is 0 Å². The second-order valence-corrected chi connectivity index (χ2v) is 17.5. The Kier molecular flexibility index (Phi) is 15.7. The van der Waals surface area contributed by atoms with Crippen LogP contribution in [-0.2, 0) is 16.2 Å². The van der Waals surface area contributed by atoms with E-state index in [1.54, 1.807) is 42.5 Å². The van der Waals surface area contributed by atoms with Crippen molar-refractivity contribution in [2.24, 2.45) is 22.9 Å². The molecule has 3 aliphatic rings. The highest BCUT2D eigenvalue weighted by Gasteiger charge is 2.65. The molecule has 13 heteroatoms. The first-order valence-electron chi connectivity index (χ1n) is 23.1. The predicted octanol–water partition coefficient (Wildman–Crippen LogP) is 10.3. The Labute approximate surface area is 387 Å². The summed E-state index contributed by atoms with van der Waals surface area (Å²) in [6.45, 7) is 10.8. The van der Waals surface area contributed by atoms with Crippen molar-refractivity contribution in [3.05, 3.63) is 153 Å². The monoisotopic (exact) mass is 896 g/mol. The number of rotatable bonds is 21. The number of carbonyl (C=O) groups excluding carboxylic acids is 1. The van der Waals surface area contributed by atoms with Crippen molar-refractivity contribution in [2.75, 3.05) is 26.4 Å². The molecule has 2 N–H and O–H groups in total. The molecule has 4 aromatic rings. The van der Waals surface area contributed by atoms with Gasteiger partial charge in [-0.1, -0.05) is 43.1 Å². The third kappa shape index (κ3) is 10.2. The van der Waals surface area contributed by atoms with Crippen molar-refractivity contribution in [3.8, 4) is 23.3 Å². The molecule has 7 rings (SSSR count). The van der Waals surface area contributed by atoms with E-state index in [1.165, 1.54) is 12.1 Å². The van der Waals surface area contributed by atoms with Gasteiger partial charge in [-0.15, -0.1) is 6.58 Å². The molecule has 0 bridgehead atoms. The number of nitriles is 1. The Morgan fingerprint density at radius 3 is 2.36 bits per heavy atom. The number of nitro benzene ring substituents is 1. The molecule has 1 amide bonds. The molecule has 66 heavy (non-hydrogen) atoms. The van der Waals surface area contributed by atoms with Crippen molar-refractivity contribution in [1.29, 1.82) is 5.26 Å². The minimum Gasteiger partial charge on any atom is -0.459 e. The Balaban J connectivity index is 1.44. The van der Waals surface area contributed by atoms with E-state index in [1.807, 2.05) is 42.2 Å². The van der Waals surface area contributed by atoms with Crippen molar-refractivity contribution in [3.63, 3.8) is 0 Å². The van der Waals surface area contributed by atoms with Crippen LogP contribution in [0, 0.1) is 53.0 Å². The first-order valence-corrected chi connectivity index (χ1v) is 23.1. The summed E-state index contributed by atoms with van der Waals surface area (Å²) in [5.41, 5.74) is 6.21. The lowest BCUT2D eigenvalue weighted by atomic mass is 9.55. The summed E-state index contributed by atoms with van der Waals surface area (Å²) in [5, 5.41) is 45.9. The molecule has 6 atom stereocenters. The number of carbonyl (C=O) groups is 1. The Hall–Kier alpha value is -6.33. The van der Waals surface area contributed by atoms with Crippen LogP contribution in [-0.4, -0.2) is 69.8 Å². The zero-order chi connectivity index (χ0) is 46.8. The Morgan fingerprint density at radius 1 is 0.985 bits per heavy atom. The number of aliphatic hydroxyl groups excluding tert-OH is 2. The molecule has 346 valence electrons. The number of aryl methyl sites for hydroxylation is 2. The lowest BCUT2D eigenvalue weighted by Crippen LogP contribution is -2.70. The first-order chi connectivity index (χ1) is 32.0. The molecule has 0 spiro atoms. The average Bonchev–Trinajstić information content (AvgIpc) is 3.32. The summed E-state index contributed by atoms with van der Waals surface area (Å²) in [6, 6.07) is 26.1. The molecule has 0 saturated heterocycles. The minimum absolute atomic E-state index is 0.00472. The lowest BCUT2D eigenvalue weighted by Gasteiger charge is -2.60. The van der Waals surface area contributed by atoms with E-state index >= 15 is 4.79 Å². The van der Waals surface area contributed by atoms with Gasteiger partial charge in [0, 0.05) is 55.4 Å². The number of hydrogen-bond acceptors (Lipinski definition) is 11. The van der Waals surface area contributed by atoms with Crippen LogP contribution in [0.15, 0.2) is 114 Å². The molecule has 1 heterocycles. The molecular weight excluding hydrogens is 837 g/mol. The number of fused-ring (bicyclic) bond motifs is 2. The Morgan fingerprint density at radius 2 is 1.70 bits per heavy atom. The lowest BCUT2D eigenvalue weighted by molar-refractivity contribution is -0.384. The van der Waals surface area contributed by atoms with Crippen molar-refractivity contribution in [2.45, 2.75) is 96.5 Å². The van der Waals surface area contributed by atoms with Gasteiger partial charge in [-0.3, -0.25) is 14.9 Å². The summed E-state index contributed by atoms with van der Waals surface area (Å²) >= 11 is 0. The normalized spacial score (nSPS) is 22.2. The smallest absolute Gasteiger partial charge is 0.269 e. The van der Waals surface area contributed by atoms with Crippen molar-refractivity contribution >= 4 is 17.3 Å². The molecule has 4 aromatic carbocycles. The number of hydrogen-bond donors (Lipinski definition) is 2. The maximum Gasteiger partial charge on any atom is 0.269 e. The standard InChI is InChI=1S/C53H60N4O9/c1-5-25-56(52(60)39-18-14-37(33-54)15-19-39)49-32-47(55-64-34-38-16-20-41(21-17-38)57(61)62)45-30-40(11-7-9-26-58)44(12-8-10-27-59)50-46-31-43(65-42-22-13-35(3)36(4)29-42)23-24-48(46)66-53(49,51(45)50)63-28-6-2/h6,13-24,29-31,40,44,49-51,58-59H,2,5,7-12,25-28,32,34H2,1,3-4H3. The highest BCUT2D eigenvalue weighted by Crippen LogP contribution is 2.62. The Bertz CT molecular complexity index is 2460. The quantitative estimate of drug-likeness (QED) is 0.0354. The van der Waals surface area contributed by atoms with Gasteiger partial charge in [0.05, 0.1) is 34.8 Å². The number of benzene rings is 4. The highest BCUT2D eigenvalue weighted by molar-refractivity contribution is 6.03. The van der Waals surface area contributed by atoms with E-state index in [2.05, 4.69) is 38.6 Å². The van der Waals surface area contributed by atoms with E-state index in [9.17, 15) is 25.6 Å². The number of ether oxygens (including phenoxy) is 3. The minimum atomic E-state index is -1.46. The summed E-state index contributed by atoms with van der Waals surface area (Å²) in [4.78, 5) is 34.0. The number of non-ortho nitro benzene ring substituents is 1. The summed E-state index contributed by atoms with van der Waals surface area (Å²) < 4.78 is 21.1. The van der Waals surface area contributed by atoms with Crippen LogP contribution in [0.5, 0.6) is 17.2 Å². The number of unbranched alkanes of at least 4 members (excludes halogenated alkanes) is 2. The predicted molar refractivity (Wildman–Crippen MR) is 251 cm³/mol. The second kappa shape index (κ2) is 21.8. The van der Waals surface area contributed by atoms with Crippen molar-refractivity contribution in [1.82, 2.24) is 4.90 Å². The van der Waals surface area contributed by atoms with Gasteiger partial charge in [-0.05, 0) is 147 Å². The molecule has 0 radical (unpaired) electrons. The number of nitrogens with zero attached hydrogens (tertiary/aromatic N) is 4. The second-order valence-electron chi connectivity index (χ2n) is 17.5. The molecule has 2 aliphatic carbocycles. The van der Waals surface area contributed by atoms with Gasteiger partial charge in [-0.25, -0.2) is 0 Å². The molecule has 1 fully saturated rings. The molecule has 6 unspecified atom stereocenters. The van der Waals surface area contributed by atoms with Gasteiger partial charge in [0.15, 0.2) is 0 Å². The SMILES string of the molecule is C=CCOC12Oc3ccc(Oc4ccc(C)c(C)c4)cc3C3C(CCCCO)C(CCCCO)C=C(C(=NOCc4ccc([N+](=O)[O-])cc4)CC1N(CCC)C(=O)c1ccc(C#N)cc1)C32. The topological polar surface area (TPSA) is 177 Å². The van der Waals surface area contributed by atoms with E-state index in [-0.39, 0.29) is 62.2 Å². The maximum absolute atomic E-state index is 15.0. The van der Waals surface area contributed by atoms with Gasteiger partial charge in [-0.2, -0.15) is 5.26 Å². The number of oxime groups is 1. The third-order valence-electron chi connectivity index (χ3n) is 13.3. The first kappa shape index (κ1) is 47.6. The van der Waals surface area contributed by atoms with Crippen LogP contribution in [0.4, 0.5) is 5.69 Å². The third-order valence-corrected chi connectivity index (χ3v) is 13.3. The number of aliphatic hydroxyl groups is 2. The molecule has 1 saturated carbocycles. The average molecular weight is 897 g/mol. The van der Waals surface area contributed by atoms with E-state index in [0.29, 0.717) is 65.5 Å². The van der Waals surface area contributed by atoms with Gasteiger partial charge >= 0.3 is 0 Å². The van der Waals surface area contributed by atoms with Crippen LogP contribution in [0.25, 0.3) is 0 Å². The number of nitro groups is 1. The zero-order valence-electron chi connectivity index (χ0n) is 38.1. The summed E-state index contributed by atoms with van der Waals surface area (Å²) in [6.07, 6.45) is 9.15. The van der Waals surface area contributed by atoms with Crippen molar-refractivity contribution < 1.29 is 39.0 Å². The summed E-state index contributed by atoms with van der Waals surface area (Å²) in [5.74, 6) is -0.554. The van der Waals surface area contributed by atoms with Crippen LogP contribution >= 0.6 is 0 Å². The van der Waals surface area contributed by atoms with Gasteiger partial charge in [0.2, 0.25) is 5.79 Å².